The Morgan fingerprint density at radius 1 is 1.08 bits per heavy atom. The molecule has 0 aliphatic carbocycles. The Kier molecular flexibility index (Phi) is 11.5. The van der Waals surface area contributed by atoms with Gasteiger partial charge in [0.15, 0.2) is 0 Å². The van der Waals surface area contributed by atoms with Gasteiger partial charge < -0.3 is 30.1 Å². The molecular weight excluding hydrogens is 496 g/mol. The van der Waals surface area contributed by atoms with Gasteiger partial charge in [0.05, 0.1) is 0 Å². The smallest absolute Gasteiger partial charge is 0.258 e. The van der Waals surface area contributed by atoms with E-state index in [2.05, 4.69) is 54.8 Å². The third-order valence-electron chi connectivity index (χ3n) is 6.24. The maximum atomic E-state index is 11.2. The van der Waals surface area contributed by atoms with Crippen molar-refractivity contribution < 1.29 is 24.3 Å². The third kappa shape index (κ3) is 8.88. The standard InChI is InChI=1S/C30H42N4O5/c1-6-8-21-10-22(15-31-14-19(3)4)12-25(11-21)30-33-29(34-39-30)24-9-20(5)28(23(7-2)13-24)38-18-26(36)16-32-27(37)17-35/h9-13,19,26,31,35-36H,6-8,14-18H2,1-5H3,(H,32,37). The third-order valence-corrected chi connectivity index (χ3v) is 6.24. The molecule has 9 heteroatoms. The molecule has 0 saturated carbocycles. The van der Waals surface area contributed by atoms with Crippen LogP contribution in [0.25, 0.3) is 22.8 Å². The summed E-state index contributed by atoms with van der Waals surface area (Å²) >= 11 is 0. The average Bonchev–Trinajstić information content (AvgIpc) is 3.41. The van der Waals surface area contributed by atoms with Crippen LogP contribution in [0.5, 0.6) is 5.75 Å². The molecule has 2 aromatic carbocycles. The van der Waals surface area contributed by atoms with E-state index in [1.165, 1.54) is 11.1 Å². The molecule has 0 aliphatic rings. The van der Waals surface area contributed by atoms with Gasteiger partial charge in [-0.1, -0.05) is 45.3 Å². The number of carbonyl (C=O) groups excluding carboxylic acids is 1. The normalized spacial score (nSPS) is 12.1. The maximum absolute atomic E-state index is 11.2. The van der Waals surface area contributed by atoms with Crippen LogP contribution >= 0.6 is 0 Å². The van der Waals surface area contributed by atoms with Gasteiger partial charge in [0.1, 0.15) is 25.1 Å². The molecule has 1 heterocycles. The largest absolute Gasteiger partial charge is 0.490 e. The number of rotatable bonds is 15. The van der Waals surface area contributed by atoms with E-state index in [-0.39, 0.29) is 13.2 Å². The van der Waals surface area contributed by atoms with Gasteiger partial charge in [-0.15, -0.1) is 0 Å². The molecule has 0 spiro atoms. The number of aryl methyl sites for hydroxylation is 3. The van der Waals surface area contributed by atoms with Gasteiger partial charge in [0.2, 0.25) is 11.7 Å². The van der Waals surface area contributed by atoms with Gasteiger partial charge >= 0.3 is 0 Å². The maximum Gasteiger partial charge on any atom is 0.258 e. The van der Waals surface area contributed by atoms with Crippen molar-refractivity contribution in [1.29, 1.82) is 0 Å². The topological polar surface area (TPSA) is 130 Å². The summed E-state index contributed by atoms with van der Waals surface area (Å²) in [6.07, 6.45) is 1.84. The lowest BCUT2D eigenvalue weighted by Gasteiger charge is -2.17. The van der Waals surface area contributed by atoms with Crippen LogP contribution in [0.2, 0.25) is 0 Å². The first kappa shape index (κ1) is 30.3. The Morgan fingerprint density at radius 2 is 1.85 bits per heavy atom. The van der Waals surface area contributed by atoms with E-state index in [0.29, 0.717) is 29.8 Å². The van der Waals surface area contributed by atoms with Crippen LogP contribution in [0, 0.1) is 12.8 Å². The Labute approximate surface area is 231 Å². The molecule has 0 fully saturated rings. The van der Waals surface area contributed by atoms with Crippen LogP contribution in [0.1, 0.15) is 56.4 Å². The highest BCUT2D eigenvalue weighted by Crippen LogP contribution is 2.31. The molecule has 39 heavy (non-hydrogen) atoms. The second-order valence-electron chi connectivity index (χ2n) is 10.3. The summed E-state index contributed by atoms with van der Waals surface area (Å²) in [6, 6.07) is 10.4. The Balaban J connectivity index is 1.79. The van der Waals surface area contributed by atoms with E-state index in [1.54, 1.807) is 0 Å². The molecule has 1 aromatic heterocycles. The fourth-order valence-electron chi connectivity index (χ4n) is 4.36. The van der Waals surface area contributed by atoms with E-state index in [4.69, 9.17) is 19.4 Å². The van der Waals surface area contributed by atoms with Crippen molar-refractivity contribution in [2.24, 2.45) is 5.92 Å². The van der Waals surface area contributed by atoms with Crippen LogP contribution in [0.4, 0.5) is 0 Å². The molecule has 1 unspecified atom stereocenters. The van der Waals surface area contributed by atoms with Crippen LogP contribution in [-0.4, -0.2) is 58.7 Å². The number of amides is 1. The van der Waals surface area contributed by atoms with E-state index in [0.717, 1.165) is 48.2 Å². The molecule has 0 aliphatic heterocycles. The van der Waals surface area contributed by atoms with Crippen molar-refractivity contribution in [2.45, 2.75) is 66.5 Å². The first-order valence-electron chi connectivity index (χ1n) is 13.7. The second kappa shape index (κ2) is 14.8. The number of aliphatic hydroxyl groups excluding tert-OH is 2. The van der Waals surface area contributed by atoms with Gasteiger partial charge in [0.25, 0.3) is 5.89 Å². The number of hydrogen-bond acceptors (Lipinski definition) is 8. The molecule has 3 rings (SSSR count). The summed E-state index contributed by atoms with van der Waals surface area (Å²) in [6.45, 7) is 11.7. The minimum Gasteiger partial charge on any atom is -0.490 e. The number of nitrogens with one attached hydrogen (secondary N) is 2. The van der Waals surface area contributed by atoms with Gasteiger partial charge in [-0.25, -0.2) is 0 Å². The first-order chi connectivity index (χ1) is 18.7. The van der Waals surface area contributed by atoms with Gasteiger partial charge in [0, 0.05) is 24.2 Å². The summed E-state index contributed by atoms with van der Waals surface area (Å²) in [4.78, 5) is 15.9. The number of carbonyl (C=O) groups is 1. The predicted molar refractivity (Wildman–Crippen MR) is 151 cm³/mol. The highest BCUT2D eigenvalue weighted by molar-refractivity contribution is 5.76. The van der Waals surface area contributed by atoms with Crippen molar-refractivity contribution in [3.8, 4) is 28.6 Å². The number of aliphatic hydroxyl groups is 2. The molecule has 1 amide bonds. The van der Waals surface area contributed by atoms with Crippen LogP contribution in [0.3, 0.4) is 0 Å². The average molecular weight is 539 g/mol. The molecular formula is C30H42N4O5. The number of aromatic nitrogens is 2. The zero-order valence-corrected chi connectivity index (χ0v) is 23.7. The molecule has 9 nitrogen and oxygen atoms in total. The van der Waals surface area contributed by atoms with Crippen LogP contribution < -0.4 is 15.4 Å². The zero-order chi connectivity index (χ0) is 28.4. The van der Waals surface area contributed by atoms with Gasteiger partial charge in [-0.05, 0) is 78.7 Å². The quantitative estimate of drug-likeness (QED) is 0.230. The number of benzene rings is 2. The van der Waals surface area contributed by atoms with Crippen LogP contribution in [-0.2, 0) is 24.2 Å². The molecule has 4 N–H and O–H groups in total. The summed E-state index contributed by atoms with van der Waals surface area (Å²) in [5.74, 6) is 1.71. The molecule has 212 valence electrons. The lowest BCUT2D eigenvalue weighted by Crippen LogP contribution is -2.36. The van der Waals surface area contributed by atoms with Crippen molar-refractivity contribution in [3.63, 3.8) is 0 Å². The Bertz CT molecular complexity index is 1220. The summed E-state index contributed by atoms with van der Waals surface area (Å²) < 4.78 is 11.6. The minimum absolute atomic E-state index is 0.00141. The fourth-order valence-corrected chi connectivity index (χ4v) is 4.36. The molecule has 3 aromatic rings. The van der Waals surface area contributed by atoms with Crippen molar-refractivity contribution in [1.82, 2.24) is 20.8 Å². The van der Waals surface area contributed by atoms with Gasteiger partial charge in [-0.2, -0.15) is 4.98 Å². The van der Waals surface area contributed by atoms with Crippen LogP contribution in [0.15, 0.2) is 34.9 Å². The number of nitrogens with zero attached hydrogens (tertiary/aromatic N) is 2. The van der Waals surface area contributed by atoms with E-state index >= 15 is 0 Å². The van der Waals surface area contributed by atoms with E-state index in [9.17, 15) is 9.90 Å². The zero-order valence-electron chi connectivity index (χ0n) is 23.7. The number of hydrogen-bond donors (Lipinski definition) is 4. The Morgan fingerprint density at radius 3 is 2.54 bits per heavy atom. The fraction of sp³-hybridized carbons (Fsp3) is 0.500. The highest BCUT2D eigenvalue weighted by Gasteiger charge is 2.17. The second-order valence-corrected chi connectivity index (χ2v) is 10.3. The summed E-state index contributed by atoms with van der Waals surface area (Å²) in [5.41, 5.74) is 6.01. The van der Waals surface area contributed by atoms with Crippen molar-refractivity contribution >= 4 is 5.91 Å². The monoisotopic (exact) mass is 538 g/mol. The molecule has 0 radical (unpaired) electrons. The van der Waals surface area contributed by atoms with Gasteiger partial charge in [-0.3, -0.25) is 4.79 Å². The SMILES string of the molecule is CCCc1cc(CNCC(C)C)cc(-c2nc(-c3cc(C)c(OCC(O)CNC(=O)CO)c(CC)c3)no2)c1. The van der Waals surface area contributed by atoms with E-state index < -0.39 is 18.6 Å². The Hall–Kier alpha value is -3.27. The van der Waals surface area contributed by atoms with E-state index in [1.807, 2.05) is 26.0 Å². The lowest BCUT2D eigenvalue weighted by molar-refractivity contribution is -0.124. The summed E-state index contributed by atoms with van der Waals surface area (Å²) in [5, 5.41) is 29.2. The minimum atomic E-state index is -0.905. The highest BCUT2D eigenvalue weighted by atomic mass is 16.5. The molecule has 0 saturated heterocycles. The first-order valence-corrected chi connectivity index (χ1v) is 13.7. The number of ether oxygens (including phenoxy) is 1. The van der Waals surface area contributed by atoms with Crippen molar-refractivity contribution in [3.05, 3.63) is 52.6 Å². The molecule has 1 atom stereocenters. The summed E-state index contributed by atoms with van der Waals surface area (Å²) in [7, 11) is 0. The lowest BCUT2D eigenvalue weighted by atomic mass is 10.0. The molecule has 0 bridgehead atoms. The predicted octanol–water partition coefficient (Wildman–Crippen LogP) is 3.82. The van der Waals surface area contributed by atoms with Crippen molar-refractivity contribution in [2.75, 3.05) is 26.3 Å².